The lowest BCUT2D eigenvalue weighted by atomic mass is 9.86. The van der Waals surface area contributed by atoms with Gasteiger partial charge in [-0.05, 0) is 13.8 Å². The number of carbonyl (C=O) groups excluding carboxylic acids is 2. The van der Waals surface area contributed by atoms with Crippen molar-refractivity contribution in [3.63, 3.8) is 0 Å². The molecule has 5 nitrogen and oxygen atoms in total. The van der Waals surface area contributed by atoms with Gasteiger partial charge >= 0.3 is 5.97 Å². The number of Topliss-reactive ketones (excluding diaryl/α,β-unsaturated/α-hetero) is 1. The third-order valence-electron chi connectivity index (χ3n) is 4.09. The van der Waals surface area contributed by atoms with E-state index in [9.17, 15) is 19.5 Å². The predicted octanol–water partition coefficient (Wildman–Crippen LogP) is 2.15. The highest BCUT2D eigenvalue weighted by Gasteiger charge is 2.73. The number of fused-ring (bicyclic) bond motifs is 1. The molecule has 22 heavy (non-hydrogen) atoms. The van der Waals surface area contributed by atoms with Gasteiger partial charge in [0.1, 0.15) is 11.4 Å². The molecule has 1 N–H and O–H groups in total. The second-order valence-electron chi connectivity index (χ2n) is 5.93. The van der Waals surface area contributed by atoms with Crippen LogP contribution in [0, 0.1) is 0 Å². The van der Waals surface area contributed by atoms with Crippen LogP contribution < -0.4 is 0 Å². The van der Waals surface area contributed by atoms with Gasteiger partial charge in [0.25, 0.3) is 5.91 Å². The Hall–Kier alpha value is -1.34. The summed E-state index contributed by atoms with van der Waals surface area (Å²) in [7, 11) is 0. The van der Waals surface area contributed by atoms with Crippen LogP contribution in [0.25, 0.3) is 0 Å². The van der Waals surface area contributed by atoms with Crippen molar-refractivity contribution in [3.8, 4) is 0 Å². The molecule has 2 aliphatic rings. The number of carbonyl (C=O) groups is 3. The maximum Gasteiger partial charge on any atom is 0.327 e. The second kappa shape index (κ2) is 4.83. The van der Waals surface area contributed by atoms with Crippen molar-refractivity contribution in [3.05, 3.63) is 35.9 Å². The van der Waals surface area contributed by atoms with Gasteiger partial charge in [-0.25, -0.2) is 4.79 Å². The normalized spacial score (nSPS) is 32.3. The number of alkyl halides is 1. The molecule has 0 bridgehead atoms. The summed E-state index contributed by atoms with van der Waals surface area (Å²) in [5.74, 6) is -1.85. The molecule has 0 aromatic heterocycles. The van der Waals surface area contributed by atoms with Gasteiger partial charge in [-0.1, -0.05) is 46.3 Å². The van der Waals surface area contributed by atoms with Crippen molar-refractivity contribution in [2.75, 3.05) is 0 Å². The van der Waals surface area contributed by atoms with E-state index in [-0.39, 0.29) is 5.78 Å². The Morgan fingerprint density at radius 1 is 1.27 bits per heavy atom. The zero-order valence-electron chi connectivity index (χ0n) is 11.9. The molecule has 2 saturated heterocycles. The molecule has 0 aliphatic carbocycles. The molecule has 1 amide bonds. The fourth-order valence-electron chi connectivity index (χ4n) is 3.03. The minimum atomic E-state index is -1.37. The van der Waals surface area contributed by atoms with Crippen molar-refractivity contribution in [2.24, 2.45) is 0 Å². The summed E-state index contributed by atoms with van der Waals surface area (Å²) < 4.78 is -2.03. The van der Waals surface area contributed by atoms with Crippen LogP contribution in [0.5, 0.6) is 0 Å². The van der Waals surface area contributed by atoms with Crippen LogP contribution in [0.3, 0.4) is 0 Å². The average molecular weight is 384 g/mol. The van der Waals surface area contributed by atoms with Crippen molar-refractivity contribution >= 4 is 45.4 Å². The third kappa shape index (κ3) is 1.88. The molecule has 0 saturated carbocycles. The van der Waals surface area contributed by atoms with Crippen LogP contribution in [-0.4, -0.2) is 48.2 Å². The van der Waals surface area contributed by atoms with Crippen LogP contribution in [0.1, 0.15) is 24.2 Å². The largest absolute Gasteiger partial charge is 0.480 e. The van der Waals surface area contributed by atoms with Crippen LogP contribution in [0.2, 0.25) is 0 Å². The number of benzene rings is 1. The quantitative estimate of drug-likeness (QED) is 0.374. The summed E-state index contributed by atoms with van der Waals surface area (Å²) in [6.07, 6.45) is 0. The maximum absolute atomic E-state index is 12.7. The van der Waals surface area contributed by atoms with Gasteiger partial charge in [-0.2, -0.15) is 0 Å². The highest BCUT2D eigenvalue weighted by molar-refractivity contribution is 9.10. The first-order valence-corrected chi connectivity index (χ1v) is 8.40. The summed E-state index contributed by atoms with van der Waals surface area (Å²) in [5.41, 5.74) is 0.435. The first kappa shape index (κ1) is 15.6. The van der Waals surface area contributed by atoms with E-state index in [2.05, 4.69) is 15.9 Å². The highest BCUT2D eigenvalue weighted by Crippen LogP contribution is 2.58. The molecule has 0 radical (unpaired) electrons. The molecule has 0 unspecified atom stereocenters. The Labute approximate surface area is 140 Å². The van der Waals surface area contributed by atoms with Gasteiger partial charge in [0.2, 0.25) is 0 Å². The Balaban J connectivity index is 1.98. The Kier molecular flexibility index (Phi) is 3.41. The standard InChI is InChI=1S/C15H14BrNO4S/c1-14(2)9(11(19)20)17-12(21)15(16,13(17)22-14)10(18)8-6-4-3-5-7-8/h3-7,9,13H,1-2H3,(H,19,20)/t9-,13+,15+/m0/s1. The smallest absolute Gasteiger partial charge is 0.327 e. The van der Waals surface area contributed by atoms with Gasteiger partial charge in [0.15, 0.2) is 10.1 Å². The average Bonchev–Trinajstić information content (AvgIpc) is 2.76. The summed E-state index contributed by atoms with van der Waals surface area (Å²) in [6.45, 7) is 3.56. The van der Waals surface area contributed by atoms with E-state index in [0.717, 1.165) is 0 Å². The van der Waals surface area contributed by atoms with Crippen LogP contribution in [0.15, 0.2) is 30.3 Å². The molecular weight excluding hydrogens is 370 g/mol. The lowest BCUT2D eigenvalue weighted by molar-refractivity contribution is -0.158. The van der Waals surface area contributed by atoms with Crippen molar-refractivity contribution in [1.82, 2.24) is 4.90 Å². The molecular formula is C15H14BrNO4S. The molecule has 116 valence electrons. The first-order chi connectivity index (χ1) is 10.2. The van der Waals surface area contributed by atoms with Crippen molar-refractivity contribution < 1.29 is 19.5 Å². The number of amides is 1. The molecule has 1 aromatic carbocycles. The van der Waals surface area contributed by atoms with E-state index >= 15 is 0 Å². The van der Waals surface area contributed by atoms with Crippen LogP contribution >= 0.6 is 27.7 Å². The van der Waals surface area contributed by atoms with E-state index in [4.69, 9.17) is 0 Å². The zero-order chi connectivity index (χ0) is 16.3. The minimum Gasteiger partial charge on any atom is -0.480 e. The van der Waals surface area contributed by atoms with E-state index < -0.39 is 32.4 Å². The predicted molar refractivity (Wildman–Crippen MR) is 86.2 cm³/mol. The molecule has 2 fully saturated rings. The van der Waals surface area contributed by atoms with Crippen LogP contribution in [-0.2, 0) is 9.59 Å². The lowest BCUT2D eigenvalue weighted by Gasteiger charge is -2.48. The number of carboxylic acid groups (broad SMARTS) is 1. The van der Waals surface area contributed by atoms with Gasteiger partial charge in [-0.3, -0.25) is 9.59 Å². The number of hydrogen-bond donors (Lipinski definition) is 1. The van der Waals surface area contributed by atoms with Gasteiger partial charge < -0.3 is 10.0 Å². The minimum absolute atomic E-state index is 0.325. The Morgan fingerprint density at radius 3 is 2.41 bits per heavy atom. The number of halogens is 1. The lowest BCUT2D eigenvalue weighted by Crippen LogP contribution is -2.73. The topological polar surface area (TPSA) is 74.7 Å². The zero-order valence-corrected chi connectivity index (χ0v) is 14.3. The Bertz CT molecular complexity index is 677. The fourth-order valence-corrected chi connectivity index (χ4v) is 5.58. The molecule has 2 aliphatic heterocycles. The van der Waals surface area contributed by atoms with E-state index in [1.807, 2.05) is 0 Å². The monoisotopic (exact) mass is 383 g/mol. The number of β-lactam (4-membered cyclic amide) rings is 1. The molecule has 2 heterocycles. The number of hydrogen-bond acceptors (Lipinski definition) is 4. The number of rotatable bonds is 3. The van der Waals surface area contributed by atoms with Crippen molar-refractivity contribution in [2.45, 2.75) is 34.3 Å². The highest BCUT2D eigenvalue weighted by atomic mass is 79.9. The number of aliphatic carboxylic acids is 1. The summed E-state index contributed by atoms with van der Waals surface area (Å²) in [4.78, 5) is 38.1. The van der Waals surface area contributed by atoms with E-state index in [1.54, 1.807) is 44.2 Å². The van der Waals surface area contributed by atoms with Gasteiger partial charge in [-0.15, -0.1) is 11.8 Å². The van der Waals surface area contributed by atoms with E-state index in [0.29, 0.717) is 5.56 Å². The van der Waals surface area contributed by atoms with Gasteiger partial charge in [0, 0.05) is 10.3 Å². The molecule has 7 heteroatoms. The summed E-state index contributed by atoms with van der Waals surface area (Å²) >= 11 is 4.66. The second-order valence-corrected chi connectivity index (χ2v) is 8.92. The van der Waals surface area contributed by atoms with Crippen molar-refractivity contribution in [1.29, 1.82) is 0 Å². The van der Waals surface area contributed by atoms with Gasteiger partial charge in [0.05, 0.1) is 0 Å². The molecule has 3 rings (SSSR count). The first-order valence-electron chi connectivity index (χ1n) is 6.73. The maximum atomic E-state index is 12.7. The molecule has 3 atom stereocenters. The molecule has 0 spiro atoms. The number of carboxylic acids is 1. The Morgan fingerprint density at radius 2 is 1.86 bits per heavy atom. The number of nitrogens with zero attached hydrogens (tertiary/aromatic N) is 1. The fraction of sp³-hybridized carbons (Fsp3) is 0.400. The molecule has 1 aromatic rings. The third-order valence-corrected chi connectivity index (χ3v) is 7.16. The number of ketones is 1. The summed E-state index contributed by atoms with van der Waals surface area (Å²) in [6, 6.07) is 7.64. The van der Waals surface area contributed by atoms with Crippen LogP contribution in [0.4, 0.5) is 0 Å². The SMILES string of the molecule is CC1(C)S[C@H]2N(C(=O)[C@]2(Br)C(=O)c2ccccc2)[C@H]1C(=O)O. The number of thioether (sulfide) groups is 1. The summed E-state index contributed by atoms with van der Waals surface area (Å²) in [5, 5.41) is 8.90. The van der Waals surface area contributed by atoms with E-state index in [1.165, 1.54) is 16.7 Å².